The predicted molar refractivity (Wildman–Crippen MR) is 110 cm³/mol. The van der Waals surface area contributed by atoms with E-state index in [1.54, 1.807) is 0 Å². The van der Waals surface area contributed by atoms with Crippen LogP contribution in [0.3, 0.4) is 0 Å². The summed E-state index contributed by atoms with van der Waals surface area (Å²) in [6, 6.07) is 16.0. The molecule has 0 heterocycles. The lowest BCUT2D eigenvalue weighted by molar-refractivity contribution is 0.306. The molecule has 0 unspecified atom stereocenters. The van der Waals surface area contributed by atoms with E-state index in [9.17, 15) is 0 Å². The van der Waals surface area contributed by atoms with Crippen molar-refractivity contribution in [2.24, 2.45) is 4.99 Å². The highest BCUT2D eigenvalue weighted by Crippen LogP contribution is 2.19. The highest BCUT2D eigenvalue weighted by Gasteiger charge is 1.96. The van der Waals surface area contributed by atoms with Crippen LogP contribution in [-0.4, -0.2) is 19.4 Å². The van der Waals surface area contributed by atoms with Crippen molar-refractivity contribution in [3.63, 3.8) is 0 Å². The quantitative estimate of drug-likeness (QED) is 0.319. The summed E-state index contributed by atoms with van der Waals surface area (Å²) in [5.74, 6) is 1.83. The van der Waals surface area contributed by atoms with Crippen molar-refractivity contribution in [1.29, 1.82) is 0 Å². The van der Waals surface area contributed by atoms with Gasteiger partial charge in [-0.15, -0.1) is 0 Å². The van der Waals surface area contributed by atoms with E-state index in [1.165, 1.54) is 25.7 Å². The minimum Gasteiger partial charge on any atom is -0.494 e. The van der Waals surface area contributed by atoms with Crippen molar-refractivity contribution in [3.8, 4) is 11.5 Å². The van der Waals surface area contributed by atoms with E-state index < -0.39 is 0 Å². The third-order valence-corrected chi connectivity index (χ3v) is 4.11. The van der Waals surface area contributed by atoms with Gasteiger partial charge in [0.15, 0.2) is 0 Å². The molecule has 0 aliphatic heterocycles. The molecule has 140 valence electrons. The van der Waals surface area contributed by atoms with Gasteiger partial charge in [-0.05, 0) is 66.9 Å². The fourth-order valence-electron chi connectivity index (χ4n) is 2.51. The highest BCUT2D eigenvalue weighted by molar-refractivity contribution is 5.82. The number of nitrogens with zero attached hydrogens (tertiary/aromatic N) is 1. The fraction of sp³-hybridized carbons (Fsp3) is 0.435. The highest BCUT2D eigenvalue weighted by atomic mass is 16.5. The van der Waals surface area contributed by atoms with Crippen LogP contribution in [0.4, 0.5) is 5.69 Å². The molecule has 0 radical (unpaired) electrons. The number of rotatable bonds is 12. The molecule has 0 saturated heterocycles. The third-order valence-electron chi connectivity index (χ3n) is 4.11. The Morgan fingerprint density at radius 3 is 1.69 bits per heavy atom. The summed E-state index contributed by atoms with van der Waals surface area (Å²) in [5.41, 5.74) is 1.98. The Balaban J connectivity index is 1.79. The van der Waals surface area contributed by atoms with Crippen LogP contribution in [0.5, 0.6) is 11.5 Å². The summed E-state index contributed by atoms with van der Waals surface area (Å²) < 4.78 is 11.4. The molecular formula is C23H31NO2. The molecule has 26 heavy (non-hydrogen) atoms. The summed E-state index contributed by atoms with van der Waals surface area (Å²) in [6.07, 6.45) is 8.94. The van der Waals surface area contributed by atoms with Crippen LogP contribution in [-0.2, 0) is 0 Å². The summed E-state index contributed by atoms with van der Waals surface area (Å²) in [4.78, 5) is 4.52. The predicted octanol–water partition coefficient (Wildman–Crippen LogP) is 6.58. The van der Waals surface area contributed by atoms with Crippen LogP contribution in [0.1, 0.15) is 57.9 Å². The van der Waals surface area contributed by atoms with Gasteiger partial charge in [-0.3, -0.25) is 4.99 Å². The largest absolute Gasteiger partial charge is 0.494 e. The van der Waals surface area contributed by atoms with Crippen LogP contribution >= 0.6 is 0 Å². The molecule has 0 aromatic heterocycles. The molecule has 2 aromatic rings. The average molecular weight is 354 g/mol. The van der Waals surface area contributed by atoms with E-state index in [1.807, 2.05) is 54.7 Å². The van der Waals surface area contributed by atoms with Crippen molar-refractivity contribution in [2.75, 3.05) is 13.2 Å². The molecule has 3 nitrogen and oxygen atoms in total. The van der Waals surface area contributed by atoms with Crippen LogP contribution in [0.15, 0.2) is 53.5 Å². The topological polar surface area (TPSA) is 30.8 Å². The van der Waals surface area contributed by atoms with Gasteiger partial charge >= 0.3 is 0 Å². The first-order valence-corrected chi connectivity index (χ1v) is 9.81. The lowest BCUT2D eigenvalue weighted by atomic mass is 10.2. The molecule has 2 rings (SSSR count). The molecule has 0 fully saturated rings. The van der Waals surface area contributed by atoms with Crippen LogP contribution in [0.25, 0.3) is 0 Å². The number of unbranched alkanes of at least 4 members (excludes halogenated alkanes) is 4. The van der Waals surface area contributed by atoms with Crippen molar-refractivity contribution in [2.45, 2.75) is 52.4 Å². The SMILES string of the molecule is CCCCCOc1ccc(C=Nc2ccc(OCCCCC)cc2)cc1. The normalized spacial score (nSPS) is 11.0. The molecule has 0 saturated carbocycles. The number of aliphatic imine (C=N–C) groups is 1. The number of benzene rings is 2. The zero-order valence-electron chi connectivity index (χ0n) is 16.1. The minimum absolute atomic E-state index is 0.781. The maximum absolute atomic E-state index is 5.73. The lowest BCUT2D eigenvalue weighted by Gasteiger charge is -2.06. The minimum atomic E-state index is 0.781. The second kappa shape index (κ2) is 12.1. The molecule has 3 heteroatoms. The molecule has 2 aromatic carbocycles. The Hall–Kier alpha value is -2.29. The average Bonchev–Trinajstić information content (AvgIpc) is 2.69. The van der Waals surface area contributed by atoms with Crippen molar-refractivity contribution in [3.05, 3.63) is 54.1 Å². The third kappa shape index (κ3) is 7.73. The molecule has 0 amide bonds. The molecular weight excluding hydrogens is 322 g/mol. The number of hydrogen-bond acceptors (Lipinski definition) is 3. The fourth-order valence-corrected chi connectivity index (χ4v) is 2.51. The Morgan fingerprint density at radius 1 is 0.692 bits per heavy atom. The van der Waals surface area contributed by atoms with Crippen LogP contribution in [0.2, 0.25) is 0 Å². The zero-order chi connectivity index (χ0) is 18.5. The Morgan fingerprint density at radius 2 is 1.19 bits per heavy atom. The van der Waals surface area contributed by atoms with E-state index >= 15 is 0 Å². The van der Waals surface area contributed by atoms with Gasteiger partial charge in [0.25, 0.3) is 0 Å². The Bertz CT molecular complexity index is 575. The molecule has 0 N–H and O–H groups in total. The molecule has 0 aliphatic rings. The van der Waals surface area contributed by atoms with Crippen molar-refractivity contribution in [1.82, 2.24) is 0 Å². The first-order valence-electron chi connectivity index (χ1n) is 9.81. The molecule has 0 spiro atoms. The lowest BCUT2D eigenvalue weighted by Crippen LogP contribution is -1.96. The summed E-state index contributed by atoms with van der Waals surface area (Å²) in [5, 5.41) is 0. The van der Waals surface area contributed by atoms with E-state index in [-0.39, 0.29) is 0 Å². The molecule has 0 aliphatic carbocycles. The summed E-state index contributed by atoms with van der Waals surface area (Å²) in [7, 11) is 0. The van der Waals surface area contributed by atoms with Crippen LogP contribution < -0.4 is 9.47 Å². The summed E-state index contributed by atoms with van der Waals surface area (Å²) in [6.45, 7) is 5.96. The van der Waals surface area contributed by atoms with Gasteiger partial charge in [-0.2, -0.15) is 0 Å². The first-order chi connectivity index (χ1) is 12.8. The Kier molecular flexibility index (Phi) is 9.34. The van der Waals surface area contributed by atoms with Crippen molar-refractivity contribution >= 4 is 11.9 Å². The zero-order valence-corrected chi connectivity index (χ0v) is 16.1. The van der Waals surface area contributed by atoms with E-state index in [0.29, 0.717) is 0 Å². The van der Waals surface area contributed by atoms with Gasteiger partial charge in [0, 0.05) is 6.21 Å². The first kappa shape index (κ1) is 20.0. The standard InChI is InChI=1S/C23H31NO2/c1-3-5-7-17-25-22-13-9-20(10-14-22)19-24-21-11-15-23(16-12-21)26-18-8-6-4-2/h9-16,19H,3-8,17-18H2,1-2H3. The van der Waals surface area contributed by atoms with Crippen LogP contribution in [0, 0.1) is 0 Å². The smallest absolute Gasteiger partial charge is 0.119 e. The van der Waals surface area contributed by atoms with E-state index in [4.69, 9.17) is 9.47 Å². The Labute approximate surface area is 158 Å². The van der Waals surface area contributed by atoms with Crippen molar-refractivity contribution < 1.29 is 9.47 Å². The van der Waals surface area contributed by atoms with Gasteiger partial charge in [0.1, 0.15) is 11.5 Å². The number of ether oxygens (including phenoxy) is 2. The monoisotopic (exact) mass is 353 g/mol. The molecule has 0 atom stereocenters. The van der Waals surface area contributed by atoms with Gasteiger partial charge < -0.3 is 9.47 Å². The van der Waals surface area contributed by atoms with Gasteiger partial charge in [0.05, 0.1) is 18.9 Å². The van der Waals surface area contributed by atoms with E-state index in [0.717, 1.165) is 48.8 Å². The van der Waals surface area contributed by atoms with Gasteiger partial charge in [-0.1, -0.05) is 39.5 Å². The van der Waals surface area contributed by atoms with E-state index in [2.05, 4.69) is 18.8 Å². The second-order valence-corrected chi connectivity index (χ2v) is 6.43. The summed E-state index contributed by atoms with van der Waals surface area (Å²) >= 11 is 0. The maximum Gasteiger partial charge on any atom is 0.119 e. The molecule has 0 bridgehead atoms. The van der Waals surface area contributed by atoms with Gasteiger partial charge in [0.2, 0.25) is 0 Å². The number of hydrogen-bond donors (Lipinski definition) is 0. The van der Waals surface area contributed by atoms with Gasteiger partial charge in [-0.25, -0.2) is 0 Å². The second-order valence-electron chi connectivity index (χ2n) is 6.43. The maximum atomic E-state index is 5.73.